The Morgan fingerprint density at radius 3 is 1.68 bits per heavy atom. The lowest BCUT2D eigenvalue weighted by Gasteiger charge is -2.44. The zero-order valence-electron chi connectivity index (χ0n) is 35.2. The lowest BCUT2D eigenvalue weighted by molar-refractivity contribution is 1.25. The molecule has 3 aliphatic heterocycles. The molecule has 0 radical (unpaired) electrons. The fourth-order valence-electron chi connectivity index (χ4n) is 12.0. The van der Waals surface area contributed by atoms with Gasteiger partial charge in [0.1, 0.15) is 0 Å². The van der Waals surface area contributed by atoms with E-state index in [0.717, 1.165) is 11.4 Å². The van der Waals surface area contributed by atoms with Gasteiger partial charge in [0.15, 0.2) is 0 Å². The van der Waals surface area contributed by atoms with E-state index in [0.29, 0.717) is 0 Å². The second kappa shape index (κ2) is 12.9. The fraction of sp³-hybridized carbons (Fsp3) is 0.0526. The van der Waals surface area contributed by atoms with Crippen LogP contribution in [0.25, 0.3) is 38.1 Å². The molecule has 14 rings (SSSR count). The minimum absolute atomic E-state index is 0.0168. The topological polar surface area (TPSA) is 10.9 Å². The monoisotopic (exact) mass is 819 g/mol. The first-order valence-electron chi connectivity index (χ1n) is 22.1. The van der Waals surface area contributed by atoms with Crippen LogP contribution in [0.5, 0.6) is 0 Å². The lowest BCUT2D eigenvalue weighted by Crippen LogP contribution is -2.63. The molecule has 0 saturated heterocycles. The van der Waals surface area contributed by atoms with E-state index in [1.54, 1.807) is 0 Å². The molecule has 0 N–H and O–H groups in total. The lowest BCUT2D eigenvalue weighted by atomic mass is 9.32. The van der Waals surface area contributed by atoms with Gasteiger partial charge in [-0.2, -0.15) is 0 Å². The van der Waals surface area contributed by atoms with Crippen LogP contribution in [-0.2, 0) is 0 Å². The molecule has 0 saturated carbocycles. The smallest absolute Gasteiger partial charge is 0.252 e. The summed E-state index contributed by atoms with van der Waals surface area (Å²) in [6.07, 6.45) is 0. The van der Waals surface area contributed by atoms with E-state index in [1.807, 2.05) is 11.8 Å². The highest BCUT2D eigenvalue weighted by Gasteiger charge is 2.45. The van der Waals surface area contributed by atoms with Gasteiger partial charge < -0.3 is 14.2 Å². The average molecular weight is 820 g/mol. The molecule has 0 atom stereocenters. The van der Waals surface area contributed by atoms with Gasteiger partial charge in [-0.15, -0.1) is 0 Å². The number of hydrogen-bond donors (Lipinski definition) is 0. The quantitative estimate of drug-likeness (QED) is 0.165. The molecule has 0 spiro atoms. The van der Waals surface area contributed by atoms with Crippen molar-refractivity contribution in [2.24, 2.45) is 0 Å². The fourth-order valence-corrected chi connectivity index (χ4v) is 13.1. The molecule has 0 bridgehead atoms. The molecule has 294 valence electrons. The zero-order chi connectivity index (χ0) is 41.7. The van der Waals surface area contributed by atoms with Gasteiger partial charge in [0.05, 0.1) is 16.6 Å². The SMILES string of the molecule is Cc1cc(C)c(B2c3ccccc3Sc3cc4c(cc32)N(c2ccccc2)c2cccc3c2B4c2cc4c(cc2N3c2ccccc2)c2cccc3c5ccccc5n4c32)c(C)c1. The van der Waals surface area contributed by atoms with E-state index in [1.165, 1.54) is 120 Å². The first-order valence-corrected chi connectivity index (χ1v) is 22.9. The number of rotatable bonds is 3. The third-order valence-electron chi connectivity index (χ3n) is 14.3. The van der Waals surface area contributed by atoms with Crippen LogP contribution in [0.3, 0.4) is 0 Å². The number of benzene rings is 9. The van der Waals surface area contributed by atoms with Gasteiger partial charge in [-0.25, -0.2) is 0 Å². The van der Waals surface area contributed by atoms with Crippen molar-refractivity contribution >= 4 is 130 Å². The van der Waals surface area contributed by atoms with Crippen LogP contribution >= 0.6 is 11.8 Å². The van der Waals surface area contributed by atoms with Gasteiger partial charge in [-0.05, 0) is 104 Å². The van der Waals surface area contributed by atoms with E-state index in [-0.39, 0.29) is 13.4 Å². The Bertz CT molecular complexity index is 3710. The number of para-hydroxylation sites is 4. The number of anilines is 6. The van der Waals surface area contributed by atoms with Gasteiger partial charge in [-0.1, -0.05) is 160 Å². The molecule has 0 unspecified atom stereocenters. The van der Waals surface area contributed by atoms with Crippen LogP contribution in [0.15, 0.2) is 192 Å². The first-order chi connectivity index (χ1) is 31.0. The molecule has 9 aromatic carbocycles. The van der Waals surface area contributed by atoms with Gasteiger partial charge in [0.2, 0.25) is 6.71 Å². The van der Waals surface area contributed by atoms with Crippen molar-refractivity contribution in [1.29, 1.82) is 0 Å². The van der Waals surface area contributed by atoms with Crippen LogP contribution in [0.1, 0.15) is 16.7 Å². The highest BCUT2D eigenvalue weighted by molar-refractivity contribution is 8.00. The van der Waals surface area contributed by atoms with Gasteiger partial charge >= 0.3 is 0 Å². The summed E-state index contributed by atoms with van der Waals surface area (Å²) in [5.41, 5.74) is 23.3. The highest BCUT2D eigenvalue weighted by Crippen LogP contribution is 2.47. The average Bonchev–Trinajstić information content (AvgIpc) is 3.82. The van der Waals surface area contributed by atoms with Crippen LogP contribution in [0.2, 0.25) is 0 Å². The Morgan fingerprint density at radius 1 is 0.381 bits per heavy atom. The molecule has 0 aliphatic carbocycles. The van der Waals surface area contributed by atoms with E-state index < -0.39 is 0 Å². The largest absolute Gasteiger partial charge is 0.311 e. The molecule has 0 amide bonds. The summed E-state index contributed by atoms with van der Waals surface area (Å²) in [6, 6.07) is 68.9. The number of aryl methyl sites for hydroxylation is 3. The number of aromatic nitrogens is 1. The summed E-state index contributed by atoms with van der Waals surface area (Å²) in [7, 11) is 0. The zero-order valence-corrected chi connectivity index (χ0v) is 36.0. The van der Waals surface area contributed by atoms with Crippen molar-refractivity contribution in [3.8, 4) is 0 Å². The van der Waals surface area contributed by atoms with Crippen LogP contribution in [-0.4, -0.2) is 17.8 Å². The predicted octanol–water partition coefficient (Wildman–Crippen LogP) is 10.8. The molecule has 63 heavy (non-hydrogen) atoms. The number of hydrogen-bond acceptors (Lipinski definition) is 3. The molecule has 3 nitrogen and oxygen atoms in total. The van der Waals surface area contributed by atoms with Gasteiger partial charge in [0, 0.05) is 65.5 Å². The van der Waals surface area contributed by atoms with Gasteiger partial charge in [0.25, 0.3) is 6.71 Å². The minimum atomic E-state index is -0.0168. The summed E-state index contributed by atoms with van der Waals surface area (Å²) in [4.78, 5) is 7.77. The molecule has 5 heterocycles. The van der Waals surface area contributed by atoms with Crippen molar-refractivity contribution in [1.82, 2.24) is 4.40 Å². The second-order valence-electron chi connectivity index (χ2n) is 17.8. The molecule has 3 aliphatic rings. The molecule has 6 heteroatoms. The summed E-state index contributed by atoms with van der Waals surface area (Å²) in [6.45, 7) is 6.92. The summed E-state index contributed by atoms with van der Waals surface area (Å²) < 4.78 is 2.54. The van der Waals surface area contributed by atoms with Crippen LogP contribution < -0.4 is 42.6 Å². The Kier molecular flexibility index (Phi) is 7.29. The molecular formula is C57H39B2N3S. The maximum atomic E-state index is 2.59. The van der Waals surface area contributed by atoms with E-state index in [2.05, 4.69) is 217 Å². The Hall–Kier alpha value is -7.14. The summed E-state index contributed by atoms with van der Waals surface area (Å²) >= 11 is 1.94. The van der Waals surface area contributed by atoms with Crippen LogP contribution in [0, 0.1) is 20.8 Å². The predicted molar refractivity (Wildman–Crippen MR) is 271 cm³/mol. The normalized spacial score (nSPS) is 13.8. The molecule has 2 aromatic heterocycles. The standard InChI is InChI=1S/C57H39B2N3S/c1-34-28-35(2)55(36(3)29-34)58-43-23-11-13-27-53(43)63-54-33-45-52(32-46(54)58)61(38-18-8-5-9-19-38)49-26-15-25-48-56(49)59(45)44-31-50-42(30-51(44)60(48)37-16-6-4-7-17-37)41-22-14-21-40-39-20-10-12-24-47(39)62(50)57(40)41/h4-33H,1-3H3. The first kappa shape index (κ1) is 35.5. The van der Waals surface area contributed by atoms with E-state index in [4.69, 9.17) is 0 Å². The molecule has 0 fully saturated rings. The third kappa shape index (κ3) is 4.79. The van der Waals surface area contributed by atoms with Crippen LogP contribution in [0.4, 0.5) is 34.1 Å². The number of fused-ring (bicyclic) bond motifs is 12. The summed E-state index contributed by atoms with van der Waals surface area (Å²) in [5.74, 6) is 0. The maximum absolute atomic E-state index is 2.59. The second-order valence-corrected chi connectivity index (χ2v) is 18.9. The molecular weight excluding hydrogens is 780 g/mol. The van der Waals surface area contributed by atoms with Crippen molar-refractivity contribution in [3.05, 3.63) is 199 Å². The summed E-state index contributed by atoms with van der Waals surface area (Å²) in [5, 5.41) is 5.19. The van der Waals surface area contributed by atoms with Crippen molar-refractivity contribution in [3.63, 3.8) is 0 Å². The third-order valence-corrected chi connectivity index (χ3v) is 15.4. The van der Waals surface area contributed by atoms with Crippen molar-refractivity contribution < 1.29 is 0 Å². The molecule has 11 aromatic rings. The van der Waals surface area contributed by atoms with Crippen molar-refractivity contribution in [2.75, 3.05) is 9.80 Å². The van der Waals surface area contributed by atoms with E-state index in [9.17, 15) is 0 Å². The Labute approximate surface area is 371 Å². The Balaban J connectivity index is 1.11. The number of nitrogens with zero attached hydrogens (tertiary/aromatic N) is 3. The minimum Gasteiger partial charge on any atom is -0.311 e. The maximum Gasteiger partial charge on any atom is 0.252 e. The van der Waals surface area contributed by atoms with E-state index >= 15 is 0 Å². The Morgan fingerprint density at radius 2 is 0.952 bits per heavy atom. The van der Waals surface area contributed by atoms with Crippen molar-refractivity contribution in [2.45, 2.75) is 30.6 Å². The van der Waals surface area contributed by atoms with Gasteiger partial charge in [-0.3, -0.25) is 0 Å². The highest BCUT2D eigenvalue weighted by atomic mass is 32.2.